The maximum atomic E-state index is 13.2. The van der Waals surface area contributed by atoms with Gasteiger partial charge in [-0.05, 0) is 48.6 Å². The SMILES string of the molecule is CCCCc1nc(SC)c(C(=O)C(=O)O)n1Cc1ccc(-c2ccccc2S(=O)(=O)NC(=O)NCC2CCCCC2)cc1. The summed E-state index contributed by atoms with van der Waals surface area (Å²) >= 11 is 1.23. The number of aryl methyl sites for hydroxylation is 1. The van der Waals surface area contributed by atoms with E-state index in [1.54, 1.807) is 53.3 Å². The molecule has 0 atom stereocenters. The van der Waals surface area contributed by atoms with E-state index in [4.69, 9.17) is 0 Å². The number of rotatable bonds is 13. The standard InChI is InChI=1S/C31H38N4O6S2/c1-3-4-14-26-33-29(42-2)27(28(36)30(37)38)35(26)20-22-15-17-23(18-16-22)24-12-8-9-13-25(24)43(40,41)34-31(39)32-19-21-10-6-5-7-11-21/h8-9,12-13,15-18,21H,3-7,10-11,14,19-20H2,1-2H3,(H,37,38)(H2,32,34,39). The Bertz CT molecular complexity index is 1560. The third-order valence-electron chi connectivity index (χ3n) is 7.66. The largest absolute Gasteiger partial charge is 0.475 e. The second-order valence-electron chi connectivity index (χ2n) is 10.7. The van der Waals surface area contributed by atoms with Gasteiger partial charge in [-0.3, -0.25) is 4.79 Å². The van der Waals surface area contributed by atoms with Crippen LogP contribution in [0.2, 0.25) is 0 Å². The second kappa shape index (κ2) is 14.7. The number of carboxylic acid groups (broad SMARTS) is 1. The normalized spacial score (nSPS) is 13.9. The van der Waals surface area contributed by atoms with Crippen LogP contribution in [0.25, 0.3) is 11.1 Å². The van der Waals surface area contributed by atoms with E-state index >= 15 is 0 Å². The number of amides is 2. The summed E-state index contributed by atoms with van der Waals surface area (Å²) in [5.74, 6) is -1.54. The molecule has 1 heterocycles. The first-order valence-corrected chi connectivity index (χ1v) is 17.2. The second-order valence-corrected chi connectivity index (χ2v) is 13.2. The Morgan fingerprint density at radius 3 is 2.40 bits per heavy atom. The number of hydrogen-bond acceptors (Lipinski definition) is 7. The number of ketones is 1. The van der Waals surface area contributed by atoms with Crippen molar-refractivity contribution in [1.82, 2.24) is 19.6 Å². The van der Waals surface area contributed by atoms with Crippen molar-refractivity contribution in [2.24, 2.45) is 5.92 Å². The first-order valence-electron chi connectivity index (χ1n) is 14.5. The number of carbonyl (C=O) groups is 3. The number of aromatic nitrogens is 2. The molecule has 1 saturated carbocycles. The van der Waals surface area contributed by atoms with E-state index in [9.17, 15) is 27.9 Å². The molecule has 0 saturated heterocycles. The predicted molar refractivity (Wildman–Crippen MR) is 166 cm³/mol. The van der Waals surface area contributed by atoms with Gasteiger partial charge in [-0.1, -0.05) is 75.1 Å². The van der Waals surface area contributed by atoms with E-state index in [1.165, 1.54) is 24.2 Å². The molecular weight excluding hydrogens is 588 g/mol. The van der Waals surface area contributed by atoms with Crippen molar-refractivity contribution in [2.75, 3.05) is 12.8 Å². The molecule has 1 aliphatic carbocycles. The first kappa shape index (κ1) is 32.3. The van der Waals surface area contributed by atoms with Crippen LogP contribution in [0.1, 0.15) is 73.7 Å². The minimum absolute atomic E-state index is 0.0222. The van der Waals surface area contributed by atoms with Gasteiger partial charge in [0.1, 0.15) is 16.5 Å². The van der Waals surface area contributed by atoms with Crippen LogP contribution in [0.3, 0.4) is 0 Å². The van der Waals surface area contributed by atoms with Gasteiger partial charge in [-0.15, -0.1) is 11.8 Å². The molecule has 2 aromatic carbocycles. The van der Waals surface area contributed by atoms with Crippen molar-refractivity contribution in [1.29, 1.82) is 0 Å². The molecule has 0 aliphatic heterocycles. The van der Waals surface area contributed by atoms with Crippen LogP contribution in [0, 0.1) is 5.92 Å². The molecule has 3 N–H and O–H groups in total. The maximum absolute atomic E-state index is 13.2. The Kier molecular flexibility index (Phi) is 11.0. The van der Waals surface area contributed by atoms with Crippen LogP contribution in [0.4, 0.5) is 4.79 Å². The Labute approximate surface area is 256 Å². The van der Waals surface area contributed by atoms with Gasteiger partial charge in [0, 0.05) is 25.1 Å². The van der Waals surface area contributed by atoms with Crippen molar-refractivity contribution < 1.29 is 27.9 Å². The third-order valence-corrected chi connectivity index (χ3v) is 9.72. The molecule has 230 valence electrons. The van der Waals surface area contributed by atoms with Crippen LogP contribution >= 0.6 is 11.8 Å². The summed E-state index contributed by atoms with van der Waals surface area (Å²) in [5, 5.41) is 12.5. The summed E-state index contributed by atoms with van der Waals surface area (Å²) in [6, 6.07) is 12.9. The number of urea groups is 1. The number of hydrogen-bond donors (Lipinski definition) is 3. The van der Waals surface area contributed by atoms with E-state index in [0.29, 0.717) is 40.9 Å². The number of carboxylic acids is 1. The lowest BCUT2D eigenvalue weighted by molar-refractivity contribution is -0.131. The number of thioether (sulfide) groups is 1. The number of unbranched alkanes of at least 4 members (excludes halogenated alkanes) is 1. The van der Waals surface area contributed by atoms with Crippen molar-refractivity contribution in [2.45, 2.75) is 74.8 Å². The summed E-state index contributed by atoms with van der Waals surface area (Å²) in [4.78, 5) is 41.3. The van der Waals surface area contributed by atoms with Crippen LogP contribution in [0.15, 0.2) is 58.5 Å². The van der Waals surface area contributed by atoms with Gasteiger partial charge in [0.2, 0.25) is 0 Å². The Morgan fingerprint density at radius 2 is 1.74 bits per heavy atom. The average Bonchev–Trinajstić information content (AvgIpc) is 3.35. The summed E-state index contributed by atoms with van der Waals surface area (Å²) in [7, 11) is -4.16. The highest BCUT2D eigenvalue weighted by Gasteiger charge is 2.27. The van der Waals surface area contributed by atoms with Gasteiger partial charge in [0.15, 0.2) is 0 Å². The Morgan fingerprint density at radius 1 is 1.05 bits per heavy atom. The number of carbonyl (C=O) groups excluding carboxylic acids is 2. The van der Waals surface area contributed by atoms with Crippen molar-refractivity contribution in [3.05, 3.63) is 65.6 Å². The summed E-state index contributed by atoms with van der Waals surface area (Å²) in [6.45, 7) is 2.71. The summed E-state index contributed by atoms with van der Waals surface area (Å²) in [6.07, 6.45) is 9.61. The predicted octanol–water partition coefficient (Wildman–Crippen LogP) is 5.50. The monoisotopic (exact) mass is 626 g/mol. The number of imidazole rings is 1. The Balaban J connectivity index is 1.55. The molecule has 43 heavy (non-hydrogen) atoms. The number of sulfonamides is 1. The smallest absolute Gasteiger partial charge is 0.378 e. The molecule has 0 bridgehead atoms. The zero-order valence-electron chi connectivity index (χ0n) is 24.5. The van der Waals surface area contributed by atoms with E-state index in [1.807, 2.05) is 6.92 Å². The van der Waals surface area contributed by atoms with Crippen LogP contribution in [-0.2, 0) is 27.8 Å². The zero-order chi connectivity index (χ0) is 31.0. The number of benzene rings is 2. The topological polar surface area (TPSA) is 147 Å². The van der Waals surface area contributed by atoms with Crippen LogP contribution < -0.4 is 10.0 Å². The fraction of sp³-hybridized carbons (Fsp3) is 0.419. The molecule has 1 aromatic heterocycles. The quantitative estimate of drug-likeness (QED) is 0.128. The summed E-state index contributed by atoms with van der Waals surface area (Å²) in [5.41, 5.74) is 1.89. The lowest BCUT2D eigenvalue weighted by Crippen LogP contribution is -2.41. The molecule has 0 unspecified atom stereocenters. The molecule has 1 fully saturated rings. The van der Waals surface area contributed by atoms with Crippen molar-refractivity contribution in [3.63, 3.8) is 0 Å². The number of aliphatic carboxylic acids is 1. The molecule has 1 aliphatic rings. The highest BCUT2D eigenvalue weighted by molar-refractivity contribution is 7.98. The minimum Gasteiger partial charge on any atom is -0.475 e. The number of nitrogens with zero attached hydrogens (tertiary/aromatic N) is 2. The van der Waals surface area contributed by atoms with Gasteiger partial charge in [0.05, 0.1) is 4.90 Å². The van der Waals surface area contributed by atoms with Gasteiger partial charge in [-0.2, -0.15) is 0 Å². The molecule has 10 nitrogen and oxygen atoms in total. The molecule has 12 heteroatoms. The van der Waals surface area contributed by atoms with E-state index < -0.39 is 27.8 Å². The van der Waals surface area contributed by atoms with Gasteiger partial charge >= 0.3 is 12.0 Å². The van der Waals surface area contributed by atoms with E-state index in [0.717, 1.165) is 44.1 Å². The van der Waals surface area contributed by atoms with Gasteiger partial charge < -0.3 is 15.0 Å². The Hall–Kier alpha value is -3.64. The fourth-order valence-electron chi connectivity index (χ4n) is 5.39. The van der Waals surface area contributed by atoms with Crippen LogP contribution in [-0.4, -0.2) is 53.7 Å². The molecule has 3 aromatic rings. The lowest BCUT2D eigenvalue weighted by atomic mass is 9.89. The van der Waals surface area contributed by atoms with Gasteiger partial charge in [-0.25, -0.2) is 27.7 Å². The maximum Gasteiger partial charge on any atom is 0.378 e. The first-order chi connectivity index (χ1) is 20.6. The molecule has 0 radical (unpaired) electrons. The van der Waals surface area contributed by atoms with Crippen molar-refractivity contribution in [3.8, 4) is 11.1 Å². The lowest BCUT2D eigenvalue weighted by Gasteiger charge is -2.21. The van der Waals surface area contributed by atoms with E-state index in [2.05, 4.69) is 15.0 Å². The average molecular weight is 627 g/mol. The summed E-state index contributed by atoms with van der Waals surface area (Å²) < 4.78 is 30.3. The van der Waals surface area contributed by atoms with Crippen LogP contribution in [0.5, 0.6) is 0 Å². The van der Waals surface area contributed by atoms with Gasteiger partial charge in [0.25, 0.3) is 15.8 Å². The van der Waals surface area contributed by atoms with Crippen molar-refractivity contribution >= 4 is 39.6 Å². The third kappa shape index (κ3) is 8.05. The number of Topliss-reactive ketones (excluding diaryl/α,β-unsaturated/α-hetero) is 1. The minimum atomic E-state index is -4.16. The molecule has 0 spiro atoms. The fourth-order valence-corrected chi connectivity index (χ4v) is 7.14. The zero-order valence-corrected chi connectivity index (χ0v) is 26.1. The molecular formula is C31H38N4O6S2. The highest BCUT2D eigenvalue weighted by Crippen LogP contribution is 2.29. The highest BCUT2D eigenvalue weighted by atomic mass is 32.2. The molecule has 2 amide bonds. The van der Waals surface area contributed by atoms with E-state index in [-0.39, 0.29) is 17.1 Å². The molecule has 4 rings (SSSR count). The number of nitrogens with one attached hydrogen (secondary N) is 2.